The zero-order valence-corrected chi connectivity index (χ0v) is 15.5. The summed E-state index contributed by atoms with van der Waals surface area (Å²) in [6.45, 7) is 4.45. The van der Waals surface area contributed by atoms with E-state index < -0.39 is 5.91 Å². The van der Waals surface area contributed by atoms with E-state index in [4.69, 9.17) is 5.73 Å². The fourth-order valence-corrected chi connectivity index (χ4v) is 4.01. The third-order valence-corrected chi connectivity index (χ3v) is 5.66. The number of fused-ring (bicyclic) bond motifs is 1. The number of nitrogens with two attached hydrogens (primary N) is 1. The minimum absolute atomic E-state index is 0.121. The van der Waals surface area contributed by atoms with Crippen molar-refractivity contribution in [2.24, 2.45) is 11.1 Å². The summed E-state index contributed by atoms with van der Waals surface area (Å²) < 4.78 is 15.9. The second-order valence-corrected chi connectivity index (χ2v) is 7.91. The fraction of sp³-hybridized carbons (Fsp3) is 0.333. The fourth-order valence-electron chi connectivity index (χ4n) is 4.01. The van der Waals surface area contributed by atoms with E-state index in [-0.39, 0.29) is 17.3 Å². The summed E-state index contributed by atoms with van der Waals surface area (Å²) in [4.78, 5) is 12.0. The molecule has 1 aliphatic carbocycles. The quantitative estimate of drug-likeness (QED) is 0.726. The molecule has 0 radical (unpaired) electrons. The minimum atomic E-state index is -0.531. The molecule has 1 aliphatic rings. The maximum Gasteiger partial charge on any atom is 0.252 e. The van der Waals surface area contributed by atoms with Crippen LogP contribution in [0.4, 0.5) is 10.1 Å². The molecular weight excluding hydrogens is 343 g/mol. The Labute approximate surface area is 157 Å². The van der Waals surface area contributed by atoms with Crippen molar-refractivity contribution >= 4 is 17.1 Å². The van der Waals surface area contributed by atoms with Gasteiger partial charge in [-0.3, -0.25) is 4.79 Å². The van der Waals surface area contributed by atoms with Crippen molar-refractivity contribution in [2.75, 3.05) is 5.32 Å². The molecule has 4 rings (SSSR count). The molecule has 0 aliphatic heterocycles. The van der Waals surface area contributed by atoms with Crippen LogP contribution in [0.15, 0.2) is 42.7 Å². The van der Waals surface area contributed by atoms with Crippen LogP contribution in [0.3, 0.4) is 0 Å². The normalized spacial score (nSPS) is 18.7. The lowest BCUT2D eigenvalue weighted by molar-refractivity contribution is 0.100. The zero-order chi connectivity index (χ0) is 19.2. The van der Waals surface area contributed by atoms with Crippen molar-refractivity contribution in [3.05, 3.63) is 54.1 Å². The number of rotatable bonds is 4. The van der Waals surface area contributed by atoms with E-state index in [1.165, 1.54) is 12.3 Å². The van der Waals surface area contributed by atoms with Crippen molar-refractivity contribution in [3.63, 3.8) is 0 Å². The average Bonchev–Trinajstić information content (AvgIpc) is 3.18. The standard InChI is InChI=1S/C21H23FN4O/c1-21(2)9-5-8-18(21)25-19-15(20(23)27)11-24-26-12-13(10-17(19)26)14-6-3-4-7-16(14)22/h3-4,6-7,10-12,18,25H,5,8-9H2,1-2H3,(H2,23,27)/t18-/m1/s1. The molecule has 1 amide bonds. The van der Waals surface area contributed by atoms with E-state index >= 15 is 0 Å². The molecule has 6 heteroatoms. The zero-order valence-electron chi connectivity index (χ0n) is 15.5. The number of halogens is 1. The van der Waals surface area contributed by atoms with Crippen LogP contribution in [-0.2, 0) is 0 Å². The van der Waals surface area contributed by atoms with Gasteiger partial charge in [0.15, 0.2) is 0 Å². The van der Waals surface area contributed by atoms with E-state index in [0.717, 1.165) is 19.3 Å². The Kier molecular flexibility index (Phi) is 4.13. The molecule has 1 atom stereocenters. The van der Waals surface area contributed by atoms with E-state index in [1.54, 1.807) is 28.9 Å². The van der Waals surface area contributed by atoms with Crippen LogP contribution in [0.2, 0.25) is 0 Å². The first-order chi connectivity index (χ1) is 12.9. The number of benzene rings is 1. The van der Waals surface area contributed by atoms with Crippen molar-refractivity contribution in [2.45, 2.75) is 39.2 Å². The molecular formula is C21H23FN4O. The third-order valence-electron chi connectivity index (χ3n) is 5.66. The highest BCUT2D eigenvalue weighted by Crippen LogP contribution is 2.40. The Morgan fingerprint density at radius 1 is 1.37 bits per heavy atom. The van der Waals surface area contributed by atoms with Gasteiger partial charge in [0, 0.05) is 23.4 Å². The Morgan fingerprint density at radius 2 is 2.15 bits per heavy atom. The molecule has 1 saturated carbocycles. The van der Waals surface area contributed by atoms with E-state index in [1.807, 2.05) is 6.07 Å². The largest absolute Gasteiger partial charge is 0.379 e. The van der Waals surface area contributed by atoms with Crippen molar-refractivity contribution in [1.82, 2.24) is 9.61 Å². The molecule has 140 valence electrons. The van der Waals surface area contributed by atoms with Crippen molar-refractivity contribution in [3.8, 4) is 11.1 Å². The highest BCUT2D eigenvalue weighted by molar-refractivity contribution is 6.02. The van der Waals surface area contributed by atoms with Crippen molar-refractivity contribution in [1.29, 1.82) is 0 Å². The number of aromatic nitrogens is 2. The van der Waals surface area contributed by atoms with Gasteiger partial charge in [-0.15, -0.1) is 0 Å². The van der Waals surface area contributed by atoms with Gasteiger partial charge in [-0.05, 0) is 30.4 Å². The summed E-state index contributed by atoms with van der Waals surface area (Å²) in [6, 6.07) is 8.69. The van der Waals surface area contributed by atoms with E-state index in [9.17, 15) is 9.18 Å². The number of primary amides is 1. The molecule has 0 saturated heterocycles. The first kappa shape index (κ1) is 17.5. The molecule has 3 N–H and O–H groups in total. The van der Waals surface area contributed by atoms with Crippen LogP contribution in [0.25, 0.3) is 16.6 Å². The second kappa shape index (κ2) is 6.37. The number of hydrogen-bond donors (Lipinski definition) is 2. The topological polar surface area (TPSA) is 72.4 Å². The number of amides is 1. The first-order valence-electron chi connectivity index (χ1n) is 9.19. The monoisotopic (exact) mass is 366 g/mol. The van der Waals surface area contributed by atoms with Gasteiger partial charge in [0.2, 0.25) is 0 Å². The molecule has 0 bridgehead atoms. The van der Waals surface area contributed by atoms with Gasteiger partial charge in [-0.2, -0.15) is 5.10 Å². The Morgan fingerprint density at radius 3 is 2.81 bits per heavy atom. The number of carbonyl (C=O) groups is 1. The van der Waals surface area contributed by atoms with Crippen LogP contribution in [-0.4, -0.2) is 21.6 Å². The van der Waals surface area contributed by atoms with Crippen molar-refractivity contribution < 1.29 is 9.18 Å². The maximum absolute atomic E-state index is 14.2. The lowest BCUT2D eigenvalue weighted by Gasteiger charge is -2.29. The molecule has 2 heterocycles. The summed E-state index contributed by atoms with van der Waals surface area (Å²) in [5, 5.41) is 7.85. The number of nitrogens with zero attached hydrogens (tertiary/aromatic N) is 2. The maximum atomic E-state index is 14.2. The number of nitrogens with one attached hydrogen (secondary N) is 1. The summed E-state index contributed by atoms with van der Waals surface area (Å²) in [5.74, 6) is -0.827. The molecule has 5 nitrogen and oxygen atoms in total. The first-order valence-corrected chi connectivity index (χ1v) is 9.19. The Hall–Kier alpha value is -2.89. The molecule has 27 heavy (non-hydrogen) atoms. The molecule has 2 aromatic heterocycles. The van der Waals surface area contributed by atoms with Crippen LogP contribution in [0, 0.1) is 11.2 Å². The SMILES string of the molecule is CC1(C)CCC[C@H]1Nc1c(C(N)=O)cnn2cc(-c3ccccc3F)cc12. The summed E-state index contributed by atoms with van der Waals surface area (Å²) >= 11 is 0. The van der Waals surface area contributed by atoms with Gasteiger partial charge in [-0.1, -0.05) is 38.5 Å². The van der Waals surface area contributed by atoms with Gasteiger partial charge in [0.1, 0.15) is 5.82 Å². The third kappa shape index (κ3) is 3.05. The van der Waals surface area contributed by atoms with E-state index in [0.29, 0.717) is 27.9 Å². The molecule has 3 aromatic rings. The molecule has 0 unspecified atom stereocenters. The lowest BCUT2D eigenvalue weighted by atomic mass is 9.87. The number of anilines is 1. The van der Waals surface area contributed by atoms with Gasteiger partial charge in [-0.25, -0.2) is 8.91 Å². The highest BCUT2D eigenvalue weighted by atomic mass is 19.1. The van der Waals surface area contributed by atoms with Crippen LogP contribution in [0.5, 0.6) is 0 Å². The van der Waals surface area contributed by atoms with Crippen LogP contribution < -0.4 is 11.1 Å². The Bertz CT molecular complexity index is 1020. The minimum Gasteiger partial charge on any atom is -0.379 e. The smallest absolute Gasteiger partial charge is 0.252 e. The summed E-state index contributed by atoms with van der Waals surface area (Å²) in [6.07, 6.45) is 6.54. The number of carbonyl (C=O) groups excluding carboxylic acids is 1. The molecule has 0 spiro atoms. The van der Waals surface area contributed by atoms with Gasteiger partial charge in [0.05, 0.1) is 23.0 Å². The van der Waals surface area contributed by atoms with Gasteiger partial charge < -0.3 is 11.1 Å². The van der Waals surface area contributed by atoms with Crippen LogP contribution in [0.1, 0.15) is 43.5 Å². The van der Waals surface area contributed by atoms with Gasteiger partial charge in [0.25, 0.3) is 5.91 Å². The second-order valence-electron chi connectivity index (χ2n) is 7.91. The predicted octanol–water partition coefficient (Wildman–Crippen LogP) is 4.23. The predicted molar refractivity (Wildman–Crippen MR) is 104 cm³/mol. The average molecular weight is 366 g/mol. The van der Waals surface area contributed by atoms with Gasteiger partial charge >= 0.3 is 0 Å². The lowest BCUT2D eigenvalue weighted by Crippen LogP contribution is -2.32. The molecule has 1 fully saturated rings. The highest BCUT2D eigenvalue weighted by Gasteiger charge is 2.35. The summed E-state index contributed by atoms with van der Waals surface area (Å²) in [5.41, 5.74) is 8.66. The van der Waals surface area contributed by atoms with Crippen LogP contribution >= 0.6 is 0 Å². The summed E-state index contributed by atoms with van der Waals surface area (Å²) in [7, 11) is 0. The molecule has 1 aromatic carbocycles. The van der Waals surface area contributed by atoms with E-state index in [2.05, 4.69) is 24.3 Å². The number of hydrogen-bond acceptors (Lipinski definition) is 3. The Balaban J connectivity index is 1.86.